The molecule has 0 atom stereocenters. The Labute approximate surface area is 145 Å². The summed E-state index contributed by atoms with van der Waals surface area (Å²) in [6.07, 6.45) is 0. The van der Waals surface area contributed by atoms with Gasteiger partial charge in [-0.1, -0.05) is 27.7 Å². The van der Waals surface area contributed by atoms with Crippen molar-refractivity contribution in [3.63, 3.8) is 0 Å². The minimum absolute atomic E-state index is 0.00231. The quantitative estimate of drug-likeness (QED) is 0.413. The molecule has 0 aromatic rings. The summed E-state index contributed by atoms with van der Waals surface area (Å²) in [4.78, 5) is 20.2. The molecule has 23 heavy (non-hydrogen) atoms. The minimum atomic E-state index is -0.00231. The molecule has 0 aliphatic carbocycles. The van der Waals surface area contributed by atoms with Crippen LogP contribution in [0.3, 0.4) is 0 Å². The zero-order valence-electron chi connectivity index (χ0n) is 16.1. The maximum absolute atomic E-state index is 10.9. The van der Waals surface area contributed by atoms with Crippen molar-refractivity contribution >= 4 is 17.9 Å². The highest BCUT2D eigenvalue weighted by Crippen LogP contribution is 2.10. The van der Waals surface area contributed by atoms with E-state index in [0.717, 1.165) is 0 Å². The van der Waals surface area contributed by atoms with Gasteiger partial charge in [-0.15, -0.1) is 9.32 Å². The number of amides is 1. The number of hydrogen-bond donors (Lipinski definition) is 0. The Morgan fingerprint density at radius 2 is 1.52 bits per heavy atom. The van der Waals surface area contributed by atoms with Gasteiger partial charge in [-0.05, 0) is 13.8 Å². The molecule has 0 radical (unpaired) electrons. The van der Waals surface area contributed by atoms with Gasteiger partial charge in [0.2, 0.25) is 5.91 Å². The summed E-state index contributed by atoms with van der Waals surface area (Å²) in [6.45, 7) is 11.4. The van der Waals surface area contributed by atoms with Gasteiger partial charge in [0.05, 0.1) is 13.2 Å². The van der Waals surface area contributed by atoms with Crippen LogP contribution in [0.25, 0.3) is 0 Å². The molecule has 0 fully saturated rings. The molecule has 0 bridgehead atoms. The summed E-state index contributed by atoms with van der Waals surface area (Å²) in [5.74, 6) is 0.197. The third kappa shape index (κ3) is 26.4. The standard InChI is InChI=1S/C6H13NO2.C5H13NO2S.C4H7N/c1-5(2)6(8)7(3)9-4;1-5(2)9-8-7-6(3)4;1-4(2)3-5/h2*5H,1-4H3;4H,1-2H3. The van der Waals surface area contributed by atoms with Crippen molar-refractivity contribution in [2.45, 2.75) is 46.8 Å². The number of nitriles is 1. The second kappa shape index (κ2) is 17.5. The first-order valence-corrected chi connectivity index (χ1v) is 8.18. The highest BCUT2D eigenvalue weighted by atomic mass is 32.2. The summed E-state index contributed by atoms with van der Waals surface area (Å²) in [5.41, 5.74) is 0. The summed E-state index contributed by atoms with van der Waals surface area (Å²) in [5, 5.41) is 11.1. The van der Waals surface area contributed by atoms with Gasteiger partial charge in [0.25, 0.3) is 0 Å². The van der Waals surface area contributed by atoms with Crippen molar-refractivity contribution in [3.05, 3.63) is 0 Å². The first kappa shape index (κ1) is 27.0. The Morgan fingerprint density at radius 1 is 1.09 bits per heavy atom. The molecule has 0 aliphatic rings. The number of hydrogen-bond acceptors (Lipinski definition) is 7. The zero-order chi connectivity index (χ0) is 19.0. The Hall–Kier alpha value is -0.850. The Kier molecular flexibility index (Phi) is 20.6. The number of carbonyl (C=O) groups is 1. The molecule has 0 aromatic carbocycles. The SMILES string of the molecule is CC(C)C#N.CC(C)SOON(C)C.CON(C)C(=O)C(C)C. The van der Waals surface area contributed by atoms with Gasteiger partial charge >= 0.3 is 0 Å². The van der Waals surface area contributed by atoms with Crippen LogP contribution in [0.2, 0.25) is 0 Å². The van der Waals surface area contributed by atoms with Crippen molar-refractivity contribution in [3.8, 4) is 6.07 Å². The van der Waals surface area contributed by atoms with Gasteiger partial charge in [0.15, 0.2) is 0 Å². The lowest BCUT2D eigenvalue weighted by molar-refractivity contribution is -0.340. The van der Waals surface area contributed by atoms with Crippen LogP contribution in [-0.2, 0) is 19.0 Å². The van der Waals surface area contributed by atoms with Crippen LogP contribution in [0.1, 0.15) is 41.5 Å². The highest BCUT2D eigenvalue weighted by Gasteiger charge is 2.11. The summed E-state index contributed by atoms with van der Waals surface area (Å²) in [6, 6.07) is 2.03. The Bertz CT molecular complexity index is 310. The Balaban J connectivity index is -0.000000273. The number of nitrogens with zero attached hydrogens (tertiary/aromatic N) is 3. The molecule has 0 rings (SSSR count). The fraction of sp³-hybridized carbons (Fsp3) is 0.867. The van der Waals surface area contributed by atoms with E-state index in [4.69, 9.17) is 9.60 Å². The fourth-order valence-corrected chi connectivity index (χ4v) is 0.925. The molecule has 0 N–H and O–H groups in total. The lowest BCUT2D eigenvalue weighted by atomic mass is 10.2. The average molecular weight is 352 g/mol. The molecule has 0 unspecified atom stereocenters. The molecule has 8 heteroatoms. The smallest absolute Gasteiger partial charge is 0.248 e. The number of rotatable bonds is 6. The highest BCUT2D eigenvalue weighted by molar-refractivity contribution is 7.95. The lowest BCUT2D eigenvalue weighted by Gasteiger charge is -2.15. The topological polar surface area (TPSA) is 75.0 Å². The van der Waals surface area contributed by atoms with Crippen molar-refractivity contribution in [2.24, 2.45) is 11.8 Å². The molecular weight excluding hydrogens is 318 g/mol. The van der Waals surface area contributed by atoms with Crippen LogP contribution in [0.4, 0.5) is 0 Å². The monoisotopic (exact) mass is 351 g/mol. The first-order chi connectivity index (χ1) is 10.5. The van der Waals surface area contributed by atoms with Crippen molar-refractivity contribution in [1.29, 1.82) is 5.26 Å². The predicted octanol–water partition coefficient (Wildman–Crippen LogP) is 3.30. The van der Waals surface area contributed by atoms with Gasteiger partial charge in [-0.3, -0.25) is 9.63 Å². The molecule has 0 aliphatic heterocycles. The van der Waals surface area contributed by atoms with Gasteiger partial charge in [-0.25, -0.2) is 5.06 Å². The second-order valence-electron chi connectivity index (χ2n) is 5.56. The maximum Gasteiger partial charge on any atom is 0.248 e. The average Bonchev–Trinajstić information content (AvgIpc) is 2.45. The lowest BCUT2D eigenvalue weighted by Crippen LogP contribution is -2.29. The molecule has 0 saturated carbocycles. The van der Waals surface area contributed by atoms with E-state index in [0.29, 0.717) is 5.25 Å². The van der Waals surface area contributed by atoms with Crippen LogP contribution in [0.15, 0.2) is 0 Å². The van der Waals surface area contributed by atoms with Gasteiger partial charge in [0, 0.05) is 50.3 Å². The third-order valence-corrected chi connectivity index (χ3v) is 2.27. The van der Waals surface area contributed by atoms with E-state index in [1.807, 2.05) is 47.6 Å². The Morgan fingerprint density at radius 3 is 1.70 bits per heavy atom. The predicted molar refractivity (Wildman–Crippen MR) is 93.7 cm³/mol. The van der Waals surface area contributed by atoms with Crippen LogP contribution < -0.4 is 0 Å². The largest absolute Gasteiger partial charge is 0.275 e. The molecule has 0 heterocycles. The molecule has 0 aromatic heterocycles. The van der Waals surface area contributed by atoms with Gasteiger partial charge < -0.3 is 0 Å². The molecule has 0 saturated heterocycles. The fourth-order valence-electron chi connectivity index (χ4n) is 0.611. The van der Waals surface area contributed by atoms with Crippen LogP contribution in [0.5, 0.6) is 0 Å². The molecular formula is C15H33N3O4S. The van der Waals surface area contributed by atoms with E-state index < -0.39 is 0 Å². The molecule has 1 amide bonds. The zero-order valence-corrected chi connectivity index (χ0v) is 16.9. The minimum Gasteiger partial charge on any atom is -0.275 e. The summed E-state index contributed by atoms with van der Waals surface area (Å²) < 4.78 is 4.70. The second-order valence-corrected chi connectivity index (χ2v) is 6.83. The van der Waals surface area contributed by atoms with E-state index in [-0.39, 0.29) is 17.7 Å². The van der Waals surface area contributed by atoms with Gasteiger partial charge in [0.1, 0.15) is 0 Å². The molecule has 0 spiro atoms. The third-order valence-electron chi connectivity index (χ3n) is 1.75. The number of hydroxylamine groups is 4. The van der Waals surface area contributed by atoms with E-state index >= 15 is 0 Å². The first-order valence-electron chi connectivity index (χ1n) is 7.38. The summed E-state index contributed by atoms with van der Waals surface area (Å²) in [7, 11) is 6.60. The van der Waals surface area contributed by atoms with Crippen LogP contribution in [-0.4, -0.2) is 49.5 Å². The maximum atomic E-state index is 10.9. The van der Waals surface area contributed by atoms with E-state index in [9.17, 15) is 4.79 Å². The van der Waals surface area contributed by atoms with E-state index in [1.165, 1.54) is 29.3 Å². The normalized spacial score (nSPS) is 9.96. The van der Waals surface area contributed by atoms with Gasteiger partial charge in [-0.2, -0.15) is 10.3 Å². The molecule has 7 nitrogen and oxygen atoms in total. The van der Waals surface area contributed by atoms with Crippen molar-refractivity contribution in [1.82, 2.24) is 10.1 Å². The van der Waals surface area contributed by atoms with E-state index in [2.05, 4.69) is 9.83 Å². The summed E-state index contributed by atoms with van der Waals surface area (Å²) >= 11 is 1.30. The number of carbonyl (C=O) groups excluding carboxylic acids is 1. The van der Waals surface area contributed by atoms with Crippen molar-refractivity contribution < 1.29 is 19.0 Å². The molecule has 138 valence electrons. The van der Waals surface area contributed by atoms with E-state index in [1.54, 1.807) is 21.1 Å². The van der Waals surface area contributed by atoms with Crippen molar-refractivity contribution in [2.75, 3.05) is 28.3 Å². The van der Waals surface area contributed by atoms with Crippen LogP contribution in [0, 0.1) is 23.2 Å². The van der Waals surface area contributed by atoms with Crippen LogP contribution >= 0.6 is 12.0 Å².